The lowest BCUT2D eigenvalue weighted by Crippen LogP contribution is -2.47. The fourth-order valence-corrected chi connectivity index (χ4v) is 2.66. The summed E-state index contributed by atoms with van der Waals surface area (Å²) in [7, 11) is 1.81. The number of likely N-dealkylation sites (N-methyl/N-ethyl adjacent to an activating group) is 1. The smallest absolute Gasteiger partial charge is 0.306 e. The molecule has 1 atom stereocenters. The predicted molar refractivity (Wildman–Crippen MR) is 73.1 cm³/mol. The molecule has 6 heteroatoms. The highest BCUT2D eigenvalue weighted by Crippen LogP contribution is 2.20. The minimum atomic E-state index is -0.864. The van der Waals surface area contributed by atoms with Crippen LogP contribution in [-0.2, 0) is 14.3 Å². The standard InChI is InChI=1S/C14H22N2O4/c1-15(11-4-2-3-5-11)13(17)10-16-6-7-20-12(9-16)8-14(18)19/h4,12H,2-3,5-10H2,1H3,(H,18,19). The van der Waals surface area contributed by atoms with Crippen LogP contribution in [0.5, 0.6) is 0 Å². The van der Waals surface area contributed by atoms with E-state index in [4.69, 9.17) is 9.84 Å². The van der Waals surface area contributed by atoms with Crippen molar-refractivity contribution >= 4 is 11.9 Å². The van der Waals surface area contributed by atoms with Gasteiger partial charge in [0, 0.05) is 25.8 Å². The molecule has 2 aliphatic rings. The number of nitrogens with zero attached hydrogens (tertiary/aromatic N) is 2. The minimum Gasteiger partial charge on any atom is -0.481 e. The fourth-order valence-electron chi connectivity index (χ4n) is 2.66. The zero-order valence-corrected chi connectivity index (χ0v) is 11.9. The van der Waals surface area contributed by atoms with E-state index >= 15 is 0 Å². The summed E-state index contributed by atoms with van der Waals surface area (Å²) < 4.78 is 5.40. The number of morpholine rings is 1. The van der Waals surface area contributed by atoms with Crippen LogP contribution in [0.1, 0.15) is 25.7 Å². The van der Waals surface area contributed by atoms with Crippen molar-refractivity contribution in [1.82, 2.24) is 9.80 Å². The summed E-state index contributed by atoms with van der Waals surface area (Å²) in [6.07, 6.45) is 4.92. The van der Waals surface area contributed by atoms with Crippen molar-refractivity contribution in [2.75, 3.05) is 33.3 Å². The number of aliphatic carboxylic acids is 1. The van der Waals surface area contributed by atoms with Gasteiger partial charge in [0.25, 0.3) is 0 Å². The molecule has 1 fully saturated rings. The van der Waals surface area contributed by atoms with Crippen LogP contribution in [0, 0.1) is 0 Å². The maximum absolute atomic E-state index is 12.2. The van der Waals surface area contributed by atoms with Gasteiger partial charge in [-0.1, -0.05) is 6.08 Å². The molecule has 6 nitrogen and oxygen atoms in total. The Labute approximate surface area is 119 Å². The lowest BCUT2D eigenvalue weighted by Gasteiger charge is -2.32. The molecule has 0 aromatic heterocycles. The number of allylic oxidation sites excluding steroid dienone is 2. The molecule has 112 valence electrons. The minimum absolute atomic E-state index is 0.00825. The van der Waals surface area contributed by atoms with Gasteiger partial charge >= 0.3 is 5.97 Å². The summed E-state index contributed by atoms with van der Waals surface area (Å²) in [5.74, 6) is -0.800. The molecule has 1 aliphatic heterocycles. The third-order valence-electron chi connectivity index (χ3n) is 3.81. The first kappa shape index (κ1) is 15.0. The molecule has 0 radical (unpaired) electrons. The van der Waals surface area contributed by atoms with Crippen molar-refractivity contribution in [3.63, 3.8) is 0 Å². The van der Waals surface area contributed by atoms with Crippen molar-refractivity contribution < 1.29 is 19.4 Å². The van der Waals surface area contributed by atoms with E-state index in [0.717, 1.165) is 25.0 Å². The molecule has 0 spiro atoms. The maximum Gasteiger partial charge on any atom is 0.306 e. The first-order valence-electron chi connectivity index (χ1n) is 7.07. The molecule has 0 aromatic carbocycles. The molecule has 1 saturated heterocycles. The van der Waals surface area contributed by atoms with Crippen molar-refractivity contribution in [2.45, 2.75) is 31.8 Å². The number of hydrogen-bond acceptors (Lipinski definition) is 4. The van der Waals surface area contributed by atoms with E-state index in [9.17, 15) is 9.59 Å². The van der Waals surface area contributed by atoms with Crippen LogP contribution in [0.3, 0.4) is 0 Å². The first-order chi connectivity index (χ1) is 9.56. The van der Waals surface area contributed by atoms with Gasteiger partial charge in [-0.3, -0.25) is 14.5 Å². The predicted octanol–water partition coefficient (Wildman–Crippen LogP) is 0.688. The van der Waals surface area contributed by atoms with Crippen LogP contribution in [0.2, 0.25) is 0 Å². The maximum atomic E-state index is 12.2. The van der Waals surface area contributed by atoms with Crippen molar-refractivity contribution in [2.24, 2.45) is 0 Å². The number of carbonyl (C=O) groups is 2. The van der Waals surface area contributed by atoms with Gasteiger partial charge in [0.05, 0.1) is 25.7 Å². The van der Waals surface area contributed by atoms with Crippen molar-refractivity contribution in [1.29, 1.82) is 0 Å². The van der Waals surface area contributed by atoms with Gasteiger partial charge in [-0.25, -0.2) is 0 Å². The van der Waals surface area contributed by atoms with Gasteiger partial charge < -0.3 is 14.7 Å². The monoisotopic (exact) mass is 282 g/mol. The molecule has 1 heterocycles. The Hall–Kier alpha value is -1.40. The molecule has 20 heavy (non-hydrogen) atoms. The Kier molecular flexibility index (Phi) is 5.14. The number of hydrogen-bond donors (Lipinski definition) is 1. The molecular weight excluding hydrogens is 260 g/mol. The van der Waals surface area contributed by atoms with Gasteiger partial charge in [0.2, 0.25) is 5.91 Å². The van der Waals surface area contributed by atoms with E-state index in [1.807, 2.05) is 11.9 Å². The number of carboxylic acid groups (broad SMARTS) is 1. The number of ether oxygens (including phenoxy) is 1. The molecule has 0 bridgehead atoms. The molecule has 1 unspecified atom stereocenters. The van der Waals surface area contributed by atoms with Crippen LogP contribution in [-0.4, -0.2) is 66.2 Å². The van der Waals surface area contributed by atoms with Crippen LogP contribution in [0.4, 0.5) is 0 Å². The quantitative estimate of drug-likeness (QED) is 0.803. The van der Waals surface area contributed by atoms with E-state index in [0.29, 0.717) is 26.2 Å². The highest BCUT2D eigenvalue weighted by atomic mass is 16.5. The third-order valence-corrected chi connectivity index (χ3v) is 3.81. The van der Waals surface area contributed by atoms with Gasteiger partial charge in [-0.2, -0.15) is 0 Å². The second kappa shape index (κ2) is 6.85. The van der Waals surface area contributed by atoms with Gasteiger partial charge in [0.15, 0.2) is 0 Å². The Morgan fingerprint density at radius 1 is 1.55 bits per heavy atom. The topological polar surface area (TPSA) is 70.1 Å². The van der Waals surface area contributed by atoms with E-state index in [2.05, 4.69) is 6.08 Å². The summed E-state index contributed by atoms with van der Waals surface area (Å²) in [4.78, 5) is 26.6. The van der Waals surface area contributed by atoms with Crippen LogP contribution >= 0.6 is 0 Å². The normalized spacial score (nSPS) is 23.4. The van der Waals surface area contributed by atoms with Crippen LogP contribution in [0.15, 0.2) is 11.8 Å². The SMILES string of the molecule is CN(C(=O)CN1CCOC(CC(=O)O)C1)C1=CCCC1. The molecule has 1 aliphatic carbocycles. The van der Waals surface area contributed by atoms with Crippen LogP contribution in [0.25, 0.3) is 0 Å². The molecule has 2 rings (SSSR count). The second-order valence-electron chi connectivity index (χ2n) is 5.37. The molecule has 0 saturated carbocycles. The highest BCUT2D eigenvalue weighted by Gasteiger charge is 2.25. The van der Waals surface area contributed by atoms with Crippen molar-refractivity contribution in [3.8, 4) is 0 Å². The Morgan fingerprint density at radius 2 is 2.35 bits per heavy atom. The Morgan fingerprint density at radius 3 is 3.00 bits per heavy atom. The van der Waals surface area contributed by atoms with Gasteiger partial charge in [-0.05, 0) is 19.3 Å². The van der Waals surface area contributed by atoms with Crippen molar-refractivity contribution in [3.05, 3.63) is 11.8 Å². The lowest BCUT2D eigenvalue weighted by molar-refractivity contribution is -0.142. The Balaban J connectivity index is 1.82. The fraction of sp³-hybridized carbons (Fsp3) is 0.714. The first-order valence-corrected chi connectivity index (χ1v) is 7.07. The van der Waals surface area contributed by atoms with E-state index in [-0.39, 0.29) is 18.4 Å². The van der Waals surface area contributed by atoms with Gasteiger partial charge in [0.1, 0.15) is 0 Å². The number of rotatable bonds is 5. The number of carboxylic acids is 1. The summed E-state index contributed by atoms with van der Waals surface area (Å²) in [6, 6.07) is 0. The summed E-state index contributed by atoms with van der Waals surface area (Å²) in [5, 5.41) is 8.78. The highest BCUT2D eigenvalue weighted by molar-refractivity contribution is 5.79. The molecule has 0 aromatic rings. The Bertz CT molecular complexity index is 408. The van der Waals surface area contributed by atoms with E-state index in [1.165, 1.54) is 0 Å². The number of carbonyl (C=O) groups excluding carboxylic acids is 1. The lowest BCUT2D eigenvalue weighted by atomic mass is 10.2. The molecule has 1 amide bonds. The van der Waals surface area contributed by atoms with Crippen LogP contribution < -0.4 is 0 Å². The summed E-state index contributed by atoms with van der Waals surface area (Å²) in [5.41, 5.74) is 1.10. The average Bonchev–Trinajstić information content (AvgIpc) is 2.91. The largest absolute Gasteiger partial charge is 0.481 e. The third kappa shape index (κ3) is 4.05. The van der Waals surface area contributed by atoms with E-state index < -0.39 is 5.97 Å². The molecule has 1 N–H and O–H groups in total. The zero-order valence-electron chi connectivity index (χ0n) is 11.9. The number of amides is 1. The summed E-state index contributed by atoms with van der Waals surface area (Å²) in [6.45, 7) is 1.99. The van der Waals surface area contributed by atoms with Gasteiger partial charge in [-0.15, -0.1) is 0 Å². The summed E-state index contributed by atoms with van der Waals surface area (Å²) >= 11 is 0. The van der Waals surface area contributed by atoms with E-state index in [1.54, 1.807) is 4.90 Å². The second-order valence-corrected chi connectivity index (χ2v) is 5.37. The molecular formula is C14H22N2O4. The zero-order chi connectivity index (χ0) is 14.5. The average molecular weight is 282 g/mol.